The maximum Gasteiger partial charge on any atom is 0.274 e. The Morgan fingerprint density at radius 3 is 2.29 bits per heavy atom. The van der Waals surface area contributed by atoms with Crippen LogP contribution >= 0.6 is 11.6 Å². The zero-order chi connectivity index (χ0) is 10.6. The van der Waals surface area contributed by atoms with E-state index in [0.717, 1.165) is 16.3 Å². The number of allylic oxidation sites excluding steroid dienone is 1. The molecule has 0 saturated carbocycles. The zero-order valence-electron chi connectivity index (χ0n) is 8.67. The van der Waals surface area contributed by atoms with Crippen molar-refractivity contribution in [3.05, 3.63) is 40.9 Å². The number of hydrogen-bond acceptors (Lipinski definition) is 1. The first-order chi connectivity index (χ1) is 6.63. The van der Waals surface area contributed by atoms with Gasteiger partial charge >= 0.3 is 0 Å². The van der Waals surface area contributed by atoms with Crippen molar-refractivity contribution < 1.29 is 4.43 Å². The third kappa shape index (κ3) is 3.20. The van der Waals surface area contributed by atoms with Crippen LogP contribution < -0.4 is 0 Å². The standard InChI is InChI=1S/C11H14ClOSi/c1-4-11(13-14(2)3)9-5-7-10(12)8-6-9/h4-8H,1-3H3/b11-4-. The van der Waals surface area contributed by atoms with Crippen molar-refractivity contribution in [2.24, 2.45) is 0 Å². The van der Waals surface area contributed by atoms with Crippen molar-refractivity contribution in [2.75, 3.05) is 0 Å². The van der Waals surface area contributed by atoms with Crippen molar-refractivity contribution in [1.82, 2.24) is 0 Å². The summed E-state index contributed by atoms with van der Waals surface area (Å²) in [5.74, 6) is 0.945. The van der Waals surface area contributed by atoms with Gasteiger partial charge in [0.05, 0.1) is 0 Å². The summed E-state index contributed by atoms with van der Waals surface area (Å²) < 4.78 is 5.75. The Morgan fingerprint density at radius 1 is 1.29 bits per heavy atom. The van der Waals surface area contributed by atoms with E-state index >= 15 is 0 Å². The molecule has 1 rings (SSSR count). The maximum atomic E-state index is 5.81. The summed E-state index contributed by atoms with van der Waals surface area (Å²) in [4.78, 5) is 0. The van der Waals surface area contributed by atoms with Crippen molar-refractivity contribution in [1.29, 1.82) is 0 Å². The molecule has 0 saturated heterocycles. The minimum absolute atomic E-state index is 0.704. The van der Waals surface area contributed by atoms with Gasteiger partial charge in [0.25, 0.3) is 9.04 Å². The first kappa shape index (κ1) is 11.3. The molecule has 0 aliphatic rings. The van der Waals surface area contributed by atoms with E-state index in [9.17, 15) is 0 Å². The molecule has 0 aromatic heterocycles. The van der Waals surface area contributed by atoms with E-state index in [-0.39, 0.29) is 0 Å². The molecule has 1 aromatic rings. The minimum Gasteiger partial charge on any atom is -0.542 e. The fourth-order valence-electron chi connectivity index (χ4n) is 1.12. The van der Waals surface area contributed by atoms with E-state index in [0.29, 0.717) is 0 Å². The van der Waals surface area contributed by atoms with Crippen molar-refractivity contribution >= 4 is 26.4 Å². The van der Waals surface area contributed by atoms with E-state index < -0.39 is 9.04 Å². The molecule has 1 nitrogen and oxygen atoms in total. The molecule has 1 radical (unpaired) electrons. The molecule has 0 heterocycles. The average Bonchev–Trinajstić information content (AvgIpc) is 2.15. The molecule has 1 aromatic carbocycles. The van der Waals surface area contributed by atoms with Crippen LogP contribution in [0.4, 0.5) is 0 Å². The monoisotopic (exact) mass is 225 g/mol. The fourth-order valence-corrected chi connectivity index (χ4v) is 1.92. The van der Waals surface area contributed by atoms with Crippen LogP contribution in [-0.4, -0.2) is 9.04 Å². The molecule has 3 heteroatoms. The molecule has 0 fully saturated rings. The predicted molar refractivity (Wildman–Crippen MR) is 63.7 cm³/mol. The largest absolute Gasteiger partial charge is 0.542 e. The smallest absolute Gasteiger partial charge is 0.274 e. The topological polar surface area (TPSA) is 9.23 Å². The molecule has 14 heavy (non-hydrogen) atoms. The number of halogens is 1. The Kier molecular flexibility index (Phi) is 4.23. The zero-order valence-corrected chi connectivity index (χ0v) is 10.4. The van der Waals surface area contributed by atoms with Gasteiger partial charge in [0.2, 0.25) is 0 Å². The van der Waals surface area contributed by atoms with E-state index in [2.05, 4.69) is 13.1 Å². The van der Waals surface area contributed by atoms with E-state index in [1.54, 1.807) is 0 Å². The SMILES string of the molecule is C/C=C(\O[Si](C)C)c1ccc(Cl)cc1. The van der Waals surface area contributed by atoms with Gasteiger partial charge in [-0.2, -0.15) is 0 Å². The van der Waals surface area contributed by atoms with E-state index in [1.807, 2.05) is 37.3 Å². The highest BCUT2D eigenvalue weighted by molar-refractivity contribution is 6.49. The molecule has 0 aliphatic heterocycles. The Balaban J connectivity index is 2.85. The molecular weight excluding hydrogens is 212 g/mol. The lowest BCUT2D eigenvalue weighted by Gasteiger charge is -2.12. The van der Waals surface area contributed by atoms with Crippen LogP contribution in [0.5, 0.6) is 0 Å². The lowest BCUT2D eigenvalue weighted by Crippen LogP contribution is -2.06. The first-order valence-corrected chi connectivity index (χ1v) is 7.32. The Bertz CT molecular complexity index is 317. The van der Waals surface area contributed by atoms with Gasteiger partial charge in [-0.05, 0) is 50.4 Å². The maximum absolute atomic E-state index is 5.81. The van der Waals surface area contributed by atoms with Crippen LogP contribution in [0, 0.1) is 0 Å². The molecule has 0 N–H and O–H groups in total. The normalized spacial score (nSPS) is 11.9. The second kappa shape index (κ2) is 5.22. The van der Waals surface area contributed by atoms with Crippen LogP contribution in [0.1, 0.15) is 12.5 Å². The first-order valence-electron chi connectivity index (χ1n) is 4.53. The van der Waals surface area contributed by atoms with Crippen molar-refractivity contribution in [2.45, 2.75) is 20.0 Å². The highest BCUT2D eigenvalue weighted by Gasteiger charge is 2.05. The van der Waals surface area contributed by atoms with Gasteiger partial charge in [0, 0.05) is 10.6 Å². The lowest BCUT2D eigenvalue weighted by molar-refractivity contribution is 0.536. The second-order valence-electron chi connectivity index (χ2n) is 3.17. The molecule has 0 aliphatic carbocycles. The van der Waals surface area contributed by atoms with Gasteiger partial charge in [-0.3, -0.25) is 0 Å². The molecule has 0 atom stereocenters. The van der Waals surface area contributed by atoms with Gasteiger partial charge in [-0.15, -0.1) is 0 Å². The van der Waals surface area contributed by atoms with Gasteiger partial charge in [-0.25, -0.2) is 0 Å². The summed E-state index contributed by atoms with van der Waals surface area (Å²) in [5.41, 5.74) is 1.09. The molecule has 0 spiro atoms. The van der Waals surface area contributed by atoms with Crippen LogP contribution in [-0.2, 0) is 4.43 Å². The third-order valence-corrected chi connectivity index (χ3v) is 2.59. The summed E-state index contributed by atoms with van der Waals surface area (Å²) in [6.45, 7) is 6.21. The Labute approximate surface area is 92.1 Å². The Hall–Kier alpha value is -0.733. The van der Waals surface area contributed by atoms with Crippen LogP contribution in [0.25, 0.3) is 5.76 Å². The van der Waals surface area contributed by atoms with Gasteiger partial charge in [-0.1, -0.05) is 11.6 Å². The summed E-state index contributed by atoms with van der Waals surface area (Å²) >= 11 is 5.81. The number of hydrogen-bond donors (Lipinski definition) is 0. The average molecular weight is 226 g/mol. The highest BCUT2D eigenvalue weighted by atomic mass is 35.5. The molecule has 0 bridgehead atoms. The molecular formula is C11H14ClOSi. The summed E-state index contributed by atoms with van der Waals surface area (Å²) in [5, 5.41) is 0.753. The van der Waals surface area contributed by atoms with Crippen molar-refractivity contribution in [3.8, 4) is 0 Å². The predicted octanol–water partition coefficient (Wildman–Crippen LogP) is 3.97. The molecule has 0 unspecified atom stereocenters. The Morgan fingerprint density at radius 2 is 1.86 bits per heavy atom. The van der Waals surface area contributed by atoms with Gasteiger partial charge in [0.15, 0.2) is 0 Å². The summed E-state index contributed by atoms with van der Waals surface area (Å²) in [6, 6.07) is 7.70. The third-order valence-electron chi connectivity index (χ3n) is 1.71. The minimum atomic E-state index is -0.704. The fraction of sp³-hybridized carbons (Fsp3) is 0.273. The van der Waals surface area contributed by atoms with Gasteiger partial charge < -0.3 is 4.43 Å². The molecule has 75 valence electrons. The van der Waals surface area contributed by atoms with Crippen LogP contribution in [0.3, 0.4) is 0 Å². The van der Waals surface area contributed by atoms with Crippen LogP contribution in [0.2, 0.25) is 18.1 Å². The van der Waals surface area contributed by atoms with Crippen LogP contribution in [0.15, 0.2) is 30.3 Å². The second-order valence-corrected chi connectivity index (χ2v) is 5.63. The van der Waals surface area contributed by atoms with Gasteiger partial charge in [0.1, 0.15) is 5.76 Å². The number of rotatable bonds is 3. The van der Waals surface area contributed by atoms with E-state index in [1.165, 1.54) is 0 Å². The molecule has 0 amide bonds. The highest BCUT2D eigenvalue weighted by Crippen LogP contribution is 2.19. The quantitative estimate of drug-likeness (QED) is 0.559. The number of benzene rings is 1. The van der Waals surface area contributed by atoms with Crippen molar-refractivity contribution in [3.63, 3.8) is 0 Å². The van der Waals surface area contributed by atoms with E-state index in [4.69, 9.17) is 16.0 Å². The lowest BCUT2D eigenvalue weighted by atomic mass is 10.2. The summed E-state index contributed by atoms with van der Waals surface area (Å²) in [6.07, 6.45) is 1.99. The summed E-state index contributed by atoms with van der Waals surface area (Å²) in [7, 11) is -0.704.